The maximum atomic E-state index is 10.6. The van der Waals surface area contributed by atoms with E-state index in [-0.39, 0.29) is 12.5 Å². The van der Waals surface area contributed by atoms with Gasteiger partial charge in [0.05, 0.1) is 6.42 Å². The van der Waals surface area contributed by atoms with Gasteiger partial charge in [-0.1, -0.05) is 18.2 Å². The molecule has 15 heavy (non-hydrogen) atoms. The van der Waals surface area contributed by atoms with Crippen LogP contribution in [-0.4, -0.2) is 23.7 Å². The molecule has 4 N–H and O–H groups in total. The first-order valence-electron chi connectivity index (χ1n) is 4.96. The lowest BCUT2D eigenvalue weighted by atomic mass is 10.1. The molecule has 1 atom stereocenters. The van der Waals surface area contributed by atoms with Crippen molar-refractivity contribution in [2.24, 2.45) is 5.73 Å². The van der Waals surface area contributed by atoms with Crippen molar-refractivity contribution >= 4 is 11.7 Å². The Morgan fingerprint density at radius 2 is 2.07 bits per heavy atom. The average molecular weight is 208 g/mol. The van der Waals surface area contributed by atoms with Crippen molar-refractivity contribution in [3.8, 4) is 0 Å². The van der Waals surface area contributed by atoms with Crippen molar-refractivity contribution in [3.63, 3.8) is 0 Å². The second-order valence-corrected chi connectivity index (χ2v) is 3.38. The smallest absolute Gasteiger partial charge is 0.305 e. The summed E-state index contributed by atoms with van der Waals surface area (Å²) in [7, 11) is 0. The fourth-order valence-electron chi connectivity index (χ4n) is 1.41. The number of anilines is 1. The number of carbonyl (C=O) groups is 1. The lowest BCUT2D eigenvalue weighted by molar-refractivity contribution is -0.137. The van der Waals surface area contributed by atoms with Crippen molar-refractivity contribution < 1.29 is 9.90 Å². The summed E-state index contributed by atoms with van der Waals surface area (Å²) in [5, 5.41) is 11.9. The van der Waals surface area contributed by atoms with Gasteiger partial charge in [-0.2, -0.15) is 0 Å². The zero-order chi connectivity index (χ0) is 11.1. The van der Waals surface area contributed by atoms with Crippen molar-refractivity contribution in [3.05, 3.63) is 30.3 Å². The van der Waals surface area contributed by atoms with Gasteiger partial charge in [0.1, 0.15) is 0 Å². The summed E-state index contributed by atoms with van der Waals surface area (Å²) in [5.74, 6) is -0.808. The number of hydrogen-bond acceptors (Lipinski definition) is 3. The molecule has 1 unspecified atom stereocenters. The van der Waals surface area contributed by atoms with Crippen LogP contribution in [0.2, 0.25) is 0 Å². The SMILES string of the molecule is NCCC(CC(=O)O)Nc1ccccc1. The molecule has 0 aliphatic rings. The van der Waals surface area contributed by atoms with Gasteiger partial charge in [0, 0.05) is 11.7 Å². The summed E-state index contributed by atoms with van der Waals surface area (Å²) in [4.78, 5) is 10.6. The molecular weight excluding hydrogens is 192 g/mol. The monoisotopic (exact) mass is 208 g/mol. The number of aliphatic carboxylic acids is 1. The normalized spacial score (nSPS) is 12.1. The van der Waals surface area contributed by atoms with Crippen molar-refractivity contribution in [2.75, 3.05) is 11.9 Å². The number of para-hydroxylation sites is 1. The van der Waals surface area contributed by atoms with E-state index in [1.54, 1.807) is 0 Å². The van der Waals surface area contributed by atoms with Crippen LogP contribution in [0.3, 0.4) is 0 Å². The first-order chi connectivity index (χ1) is 7.22. The van der Waals surface area contributed by atoms with E-state index in [1.807, 2.05) is 30.3 Å². The molecule has 0 aliphatic carbocycles. The van der Waals surface area contributed by atoms with E-state index < -0.39 is 5.97 Å². The topological polar surface area (TPSA) is 75.4 Å². The molecule has 4 heteroatoms. The molecule has 1 aromatic rings. The van der Waals surface area contributed by atoms with Crippen LogP contribution in [0, 0.1) is 0 Å². The molecule has 0 bridgehead atoms. The van der Waals surface area contributed by atoms with E-state index in [0.29, 0.717) is 13.0 Å². The minimum absolute atomic E-state index is 0.0894. The second kappa shape index (κ2) is 6.03. The Morgan fingerprint density at radius 3 is 2.60 bits per heavy atom. The van der Waals surface area contributed by atoms with E-state index in [2.05, 4.69) is 5.32 Å². The van der Waals surface area contributed by atoms with Gasteiger partial charge in [0.25, 0.3) is 0 Å². The third-order valence-electron chi connectivity index (χ3n) is 2.08. The second-order valence-electron chi connectivity index (χ2n) is 3.38. The predicted molar refractivity (Wildman–Crippen MR) is 59.8 cm³/mol. The number of rotatable bonds is 6. The zero-order valence-corrected chi connectivity index (χ0v) is 8.52. The van der Waals surface area contributed by atoms with Gasteiger partial charge in [-0.05, 0) is 25.1 Å². The quantitative estimate of drug-likeness (QED) is 0.658. The molecule has 0 fully saturated rings. The molecule has 0 aromatic heterocycles. The summed E-state index contributed by atoms with van der Waals surface area (Å²) >= 11 is 0. The standard InChI is InChI=1S/C11H16N2O2/c12-7-6-10(8-11(14)15)13-9-4-2-1-3-5-9/h1-5,10,13H,6-8,12H2,(H,14,15). The number of hydrogen-bond donors (Lipinski definition) is 3. The Morgan fingerprint density at radius 1 is 1.40 bits per heavy atom. The third kappa shape index (κ3) is 4.46. The van der Waals surface area contributed by atoms with Crippen LogP contribution in [0.4, 0.5) is 5.69 Å². The first kappa shape index (κ1) is 11.5. The Balaban J connectivity index is 2.54. The number of nitrogens with one attached hydrogen (secondary N) is 1. The first-order valence-corrected chi connectivity index (χ1v) is 4.96. The maximum Gasteiger partial charge on any atom is 0.305 e. The van der Waals surface area contributed by atoms with Gasteiger partial charge < -0.3 is 16.2 Å². The molecule has 82 valence electrons. The Hall–Kier alpha value is -1.55. The van der Waals surface area contributed by atoms with Gasteiger partial charge >= 0.3 is 5.97 Å². The highest BCUT2D eigenvalue weighted by molar-refractivity contribution is 5.68. The molecule has 4 nitrogen and oxygen atoms in total. The van der Waals surface area contributed by atoms with Gasteiger partial charge in [0.15, 0.2) is 0 Å². The molecule has 0 aliphatic heterocycles. The highest BCUT2D eigenvalue weighted by Gasteiger charge is 2.11. The third-order valence-corrected chi connectivity index (χ3v) is 2.08. The summed E-state index contributed by atoms with van der Waals surface area (Å²) in [6, 6.07) is 9.44. The number of nitrogens with two attached hydrogens (primary N) is 1. The highest BCUT2D eigenvalue weighted by atomic mass is 16.4. The average Bonchev–Trinajstić information content (AvgIpc) is 2.18. The Labute approximate surface area is 89.1 Å². The molecule has 0 amide bonds. The van der Waals surface area contributed by atoms with Crippen LogP contribution in [0.5, 0.6) is 0 Å². The molecular formula is C11H16N2O2. The molecule has 0 radical (unpaired) electrons. The largest absolute Gasteiger partial charge is 0.481 e. The molecule has 0 spiro atoms. The Kier molecular flexibility index (Phi) is 4.63. The van der Waals surface area contributed by atoms with Crippen molar-refractivity contribution in [1.82, 2.24) is 0 Å². The number of benzene rings is 1. The van der Waals surface area contributed by atoms with Crippen LogP contribution < -0.4 is 11.1 Å². The highest BCUT2D eigenvalue weighted by Crippen LogP contribution is 2.10. The molecule has 0 saturated heterocycles. The molecule has 0 heterocycles. The summed E-state index contributed by atoms with van der Waals surface area (Å²) in [5.41, 5.74) is 6.35. The number of carboxylic acids is 1. The Bertz CT molecular complexity index is 301. The van der Waals surface area contributed by atoms with E-state index in [1.165, 1.54) is 0 Å². The fraction of sp³-hybridized carbons (Fsp3) is 0.364. The summed E-state index contributed by atoms with van der Waals surface area (Å²) in [6.45, 7) is 0.484. The number of carboxylic acid groups (broad SMARTS) is 1. The van der Waals surface area contributed by atoms with Crippen LogP contribution >= 0.6 is 0 Å². The van der Waals surface area contributed by atoms with Gasteiger partial charge in [-0.3, -0.25) is 4.79 Å². The minimum atomic E-state index is -0.808. The van der Waals surface area contributed by atoms with Gasteiger partial charge in [-0.25, -0.2) is 0 Å². The molecule has 0 saturated carbocycles. The van der Waals surface area contributed by atoms with Crippen molar-refractivity contribution in [1.29, 1.82) is 0 Å². The van der Waals surface area contributed by atoms with E-state index >= 15 is 0 Å². The van der Waals surface area contributed by atoms with E-state index in [4.69, 9.17) is 10.8 Å². The van der Waals surface area contributed by atoms with Gasteiger partial charge in [0.2, 0.25) is 0 Å². The molecule has 1 rings (SSSR count). The van der Waals surface area contributed by atoms with E-state index in [0.717, 1.165) is 5.69 Å². The maximum absolute atomic E-state index is 10.6. The van der Waals surface area contributed by atoms with Crippen LogP contribution in [0.25, 0.3) is 0 Å². The lowest BCUT2D eigenvalue weighted by Gasteiger charge is -2.17. The minimum Gasteiger partial charge on any atom is -0.481 e. The summed E-state index contributed by atoms with van der Waals surface area (Å²) in [6.07, 6.45) is 0.743. The van der Waals surface area contributed by atoms with Crippen molar-refractivity contribution in [2.45, 2.75) is 18.9 Å². The van der Waals surface area contributed by atoms with E-state index in [9.17, 15) is 4.79 Å². The van der Waals surface area contributed by atoms with Crippen LogP contribution in [0.15, 0.2) is 30.3 Å². The predicted octanol–water partition coefficient (Wildman–Crippen LogP) is 1.29. The lowest BCUT2D eigenvalue weighted by Crippen LogP contribution is -2.26. The van der Waals surface area contributed by atoms with Gasteiger partial charge in [-0.15, -0.1) is 0 Å². The summed E-state index contributed by atoms with van der Waals surface area (Å²) < 4.78 is 0. The van der Waals surface area contributed by atoms with Crippen LogP contribution in [-0.2, 0) is 4.79 Å². The fourth-order valence-corrected chi connectivity index (χ4v) is 1.41. The molecule has 1 aromatic carbocycles. The van der Waals surface area contributed by atoms with Crippen LogP contribution in [0.1, 0.15) is 12.8 Å². The zero-order valence-electron chi connectivity index (χ0n) is 8.52.